The number of carbonyl (C=O) groups is 3. The molecule has 3 N–H and O–H groups in total. The maximum atomic E-state index is 13.1. The first kappa shape index (κ1) is 25.9. The zero-order valence-electron chi connectivity index (χ0n) is 19.4. The number of carbonyl (C=O) groups excluding carboxylic acids is 3. The number of nitro benzene ring substituents is 1. The molecule has 2 amide bonds. The van der Waals surface area contributed by atoms with Gasteiger partial charge in [0, 0.05) is 29.1 Å². The van der Waals surface area contributed by atoms with Gasteiger partial charge in [-0.1, -0.05) is 29.8 Å². The van der Waals surface area contributed by atoms with Crippen LogP contribution in [0.25, 0.3) is 0 Å². The van der Waals surface area contributed by atoms with Gasteiger partial charge in [-0.25, -0.2) is 0 Å². The SMILES string of the molecule is CC1(C(=O)OCc2ccc([N+](=O)[O-])cc2)CN2C(=O)C(NC(=O)C(N)C3=CCC=CC3)[C@H]2SC1=CCl. The van der Waals surface area contributed by atoms with E-state index in [2.05, 4.69) is 5.32 Å². The van der Waals surface area contributed by atoms with Crippen LogP contribution in [0, 0.1) is 15.5 Å². The van der Waals surface area contributed by atoms with Crippen LogP contribution in [-0.2, 0) is 25.7 Å². The van der Waals surface area contributed by atoms with Crippen LogP contribution in [0.4, 0.5) is 5.69 Å². The van der Waals surface area contributed by atoms with Gasteiger partial charge in [0.05, 0.1) is 4.92 Å². The van der Waals surface area contributed by atoms with E-state index in [-0.39, 0.29) is 24.7 Å². The molecule has 12 heteroatoms. The Morgan fingerprint density at radius 2 is 2.11 bits per heavy atom. The van der Waals surface area contributed by atoms with Gasteiger partial charge >= 0.3 is 5.97 Å². The van der Waals surface area contributed by atoms with Crippen LogP contribution in [0.15, 0.2) is 58.5 Å². The molecule has 0 aromatic heterocycles. The number of allylic oxidation sites excluding steroid dienone is 3. The Kier molecular flexibility index (Phi) is 7.53. The van der Waals surface area contributed by atoms with E-state index in [1.807, 2.05) is 18.2 Å². The summed E-state index contributed by atoms with van der Waals surface area (Å²) in [5.41, 5.74) is 7.51. The zero-order valence-corrected chi connectivity index (χ0v) is 21.0. The molecule has 3 aliphatic rings. The maximum absolute atomic E-state index is 13.1. The number of fused-ring (bicyclic) bond motifs is 1. The first-order valence-electron chi connectivity index (χ1n) is 11.2. The van der Waals surface area contributed by atoms with Gasteiger partial charge in [-0.05, 0) is 43.0 Å². The summed E-state index contributed by atoms with van der Waals surface area (Å²) in [4.78, 5) is 51.0. The van der Waals surface area contributed by atoms with Gasteiger partial charge in [-0.3, -0.25) is 24.5 Å². The minimum Gasteiger partial charge on any atom is -0.460 e. The van der Waals surface area contributed by atoms with Crippen LogP contribution in [-0.4, -0.2) is 51.6 Å². The molecule has 10 nitrogen and oxygen atoms in total. The van der Waals surface area contributed by atoms with Crippen LogP contribution in [0.1, 0.15) is 25.3 Å². The molecule has 190 valence electrons. The van der Waals surface area contributed by atoms with Crippen molar-refractivity contribution >= 4 is 46.8 Å². The number of esters is 1. The highest BCUT2D eigenvalue weighted by Gasteiger charge is 2.58. The summed E-state index contributed by atoms with van der Waals surface area (Å²) in [6.45, 7) is 1.59. The standard InChI is InChI=1S/C24H25ClN4O6S/c1-24(23(32)35-12-14-7-9-16(10-8-14)29(33)34)13-28-21(31)19(22(28)36-17(24)11-25)27-20(30)18(26)15-5-3-2-4-6-15/h2-3,6-11,18-19,22H,4-5,12-13,26H2,1H3,(H,27,30)/t18?,19?,22-,24?/m1/s1. The number of hydrogen-bond acceptors (Lipinski definition) is 8. The van der Waals surface area contributed by atoms with Gasteiger partial charge in [-0.15, -0.1) is 11.8 Å². The number of ether oxygens (including phenoxy) is 1. The summed E-state index contributed by atoms with van der Waals surface area (Å²) in [7, 11) is 0. The van der Waals surface area contributed by atoms with E-state index in [0.29, 0.717) is 23.3 Å². The molecule has 1 aliphatic carbocycles. The van der Waals surface area contributed by atoms with Crippen molar-refractivity contribution < 1.29 is 24.0 Å². The number of nitro groups is 1. The van der Waals surface area contributed by atoms with Gasteiger partial charge in [0.2, 0.25) is 11.8 Å². The van der Waals surface area contributed by atoms with Crippen molar-refractivity contribution in [2.45, 2.75) is 43.8 Å². The molecule has 0 radical (unpaired) electrons. The number of nitrogens with one attached hydrogen (secondary N) is 1. The molecule has 0 spiro atoms. The third-order valence-electron chi connectivity index (χ3n) is 6.50. The molecule has 36 heavy (non-hydrogen) atoms. The molecule has 3 unspecified atom stereocenters. The summed E-state index contributed by atoms with van der Waals surface area (Å²) in [5, 5.41) is 13.1. The van der Waals surface area contributed by atoms with Crippen molar-refractivity contribution in [3.63, 3.8) is 0 Å². The number of benzene rings is 1. The first-order valence-corrected chi connectivity index (χ1v) is 12.6. The number of β-lactam (4-membered cyclic amide) rings is 1. The maximum Gasteiger partial charge on any atom is 0.319 e. The van der Waals surface area contributed by atoms with Crippen molar-refractivity contribution in [3.05, 3.63) is 74.2 Å². The van der Waals surface area contributed by atoms with Gasteiger partial charge < -0.3 is 20.7 Å². The van der Waals surface area contributed by atoms with Crippen LogP contribution < -0.4 is 11.1 Å². The van der Waals surface area contributed by atoms with Crippen LogP contribution in [0.3, 0.4) is 0 Å². The number of rotatable bonds is 7. The number of nitrogens with zero attached hydrogens (tertiary/aromatic N) is 2. The minimum absolute atomic E-state index is 0.0372. The lowest BCUT2D eigenvalue weighted by Gasteiger charge is -2.54. The molecule has 1 aromatic carbocycles. The minimum atomic E-state index is -1.20. The van der Waals surface area contributed by atoms with Gasteiger partial charge in [0.25, 0.3) is 5.69 Å². The van der Waals surface area contributed by atoms with Crippen molar-refractivity contribution in [2.75, 3.05) is 6.54 Å². The monoisotopic (exact) mass is 532 g/mol. The number of hydrogen-bond donors (Lipinski definition) is 2. The Balaban J connectivity index is 1.38. The fourth-order valence-electron chi connectivity index (χ4n) is 4.25. The number of non-ortho nitro benzene ring substituents is 1. The number of halogens is 1. The number of nitrogens with two attached hydrogens (primary N) is 1. The van der Waals surface area contributed by atoms with Crippen LogP contribution in [0.5, 0.6) is 0 Å². The van der Waals surface area contributed by atoms with Crippen LogP contribution >= 0.6 is 23.4 Å². The predicted octanol–water partition coefficient (Wildman–Crippen LogP) is 2.73. The lowest BCUT2D eigenvalue weighted by atomic mass is 9.87. The molecule has 4 rings (SSSR count). The highest BCUT2D eigenvalue weighted by Crippen LogP contribution is 2.50. The third-order valence-corrected chi connectivity index (χ3v) is 8.44. The first-order chi connectivity index (χ1) is 17.2. The molecule has 0 saturated carbocycles. The van der Waals surface area contributed by atoms with Gasteiger partial charge in [0.1, 0.15) is 29.5 Å². The van der Waals surface area contributed by atoms with E-state index in [4.69, 9.17) is 22.1 Å². The highest BCUT2D eigenvalue weighted by molar-refractivity contribution is 8.04. The molecular formula is C24H25ClN4O6S. The zero-order chi connectivity index (χ0) is 26.0. The Morgan fingerprint density at radius 3 is 2.72 bits per heavy atom. The molecule has 2 fully saturated rings. The lowest BCUT2D eigenvalue weighted by Crippen LogP contribution is -2.73. The van der Waals surface area contributed by atoms with Crippen molar-refractivity contribution in [1.29, 1.82) is 0 Å². The fourth-order valence-corrected chi connectivity index (χ4v) is 5.99. The van der Waals surface area contributed by atoms with E-state index in [1.165, 1.54) is 46.5 Å². The Hall–Kier alpha value is -3.15. The summed E-state index contributed by atoms with van der Waals surface area (Å²) in [6.07, 6.45) is 7.17. The van der Waals surface area contributed by atoms with Crippen molar-refractivity contribution in [3.8, 4) is 0 Å². The average molecular weight is 533 g/mol. The average Bonchev–Trinajstić information content (AvgIpc) is 2.90. The second kappa shape index (κ2) is 10.5. The van der Waals surface area contributed by atoms with E-state index >= 15 is 0 Å². The number of amides is 2. The highest BCUT2D eigenvalue weighted by atomic mass is 35.5. The molecular weight excluding hydrogens is 508 g/mol. The van der Waals surface area contributed by atoms with Gasteiger partial charge in [-0.2, -0.15) is 0 Å². The second-order valence-electron chi connectivity index (χ2n) is 8.93. The van der Waals surface area contributed by atoms with E-state index < -0.39 is 39.7 Å². The quantitative estimate of drug-likeness (QED) is 0.179. The molecule has 2 aliphatic heterocycles. The summed E-state index contributed by atoms with van der Waals surface area (Å²) in [6, 6.07) is 4.06. The lowest BCUT2D eigenvalue weighted by molar-refractivity contribution is -0.384. The Bertz CT molecular complexity index is 1180. The number of thioether (sulfide) groups is 1. The molecule has 0 bridgehead atoms. The molecule has 2 heterocycles. The van der Waals surface area contributed by atoms with Gasteiger partial charge in [0.15, 0.2) is 0 Å². The molecule has 4 atom stereocenters. The Labute approximate surface area is 216 Å². The summed E-state index contributed by atoms with van der Waals surface area (Å²) in [5.74, 6) is -1.32. The predicted molar refractivity (Wildman–Crippen MR) is 134 cm³/mol. The van der Waals surface area contributed by atoms with Crippen molar-refractivity contribution in [2.24, 2.45) is 11.1 Å². The second-order valence-corrected chi connectivity index (χ2v) is 10.3. The molecule has 1 aromatic rings. The van der Waals surface area contributed by atoms with Crippen molar-refractivity contribution in [1.82, 2.24) is 10.2 Å². The third kappa shape index (κ3) is 4.91. The molecule has 2 saturated heterocycles. The van der Waals surface area contributed by atoms with E-state index in [1.54, 1.807) is 6.92 Å². The Morgan fingerprint density at radius 1 is 1.39 bits per heavy atom. The summed E-state index contributed by atoms with van der Waals surface area (Å²) < 4.78 is 5.48. The summed E-state index contributed by atoms with van der Waals surface area (Å²) >= 11 is 7.29. The fraction of sp³-hybridized carbons (Fsp3) is 0.375. The largest absolute Gasteiger partial charge is 0.460 e. The van der Waals surface area contributed by atoms with E-state index in [9.17, 15) is 24.5 Å². The topological polar surface area (TPSA) is 145 Å². The normalized spacial score (nSPS) is 27.0. The van der Waals surface area contributed by atoms with E-state index in [0.717, 1.165) is 5.57 Å². The smallest absolute Gasteiger partial charge is 0.319 e. The van der Waals surface area contributed by atoms with Crippen LogP contribution in [0.2, 0.25) is 0 Å².